The van der Waals surface area contributed by atoms with Crippen molar-refractivity contribution in [1.29, 1.82) is 0 Å². The molecule has 3 rings (SSSR count). The van der Waals surface area contributed by atoms with Crippen LogP contribution in [0.15, 0.2) is 30.3 Å². The first kappa shape index (κ1) is 15.7. The van der Waals surface area contributed by atoms with Crippen LogP contribution in [-0.4, -0.2) is 37.6 Å². The number of ether oxygens (including phenoxy) is 1. The Morgan fingerprint density at radius 3 is 2.78 bits per heavy atom. The van der Waals surface area contributed by atoms with Crippen molar-refractivity contribution in [1.82, 2.24) is 5.32 Å². The minimum Gasteiger partial charge on any atom is -0.376 e. The Hall–Kier alpha value is -2.14. The minimum absolute atomic E-state index is 0.112. The van der Waals surface area contributed by atoms with Gasteiger partial charge in [-0.1, -0.05) is 12.1 Å². The van der Waals surface area contributed by atoms with E-state index in [2.05, 4.69) is 5.32 Å². The maximum Gasteiger partial charge on any atom is 0.244 e. The molecule has 122 valence electrons. The largest absolute Gasteiger partial charge is 0.376 e. The van der Waals surface area contributed by atoms with E-state index in [1.54, 1.807) is 6.08 Å². The standard InChI is InChI=1S/C18H22N2O3/c21-17(19-13-16-3-2-12-23-16)10-7-14-5-8-15(9-6-14)20-11-1-4-18(20)22/h5-10,16H,1-4,11-13H2,(H,19,21)/b10-7+/t16-/m1/s1. The second-order valence-electron chi connectivity index (χ2n) is 5.95. The first-order chi connectivity index (χ1) is 11.2. The Labute approximate surface area is 136 Å². The molecule has 1 atom stereocenters. The molecule has 2 saturated heterocycles. The number of rotatable bonds is 5. The molecule has 2 aliphatic heterocycles. The molecule has 2 fully saturated rings. The lowest BCUT2D eigenvalue weighted by molar-refractivity contribution is -0.117. The van der Waals surface area contributed by atoms with Gasteiger partial charge in [-0.25, -0.2) is 0 Å². The lowest BCUT2D eigenvalue weighted by atomic mass is 10.2. The van der Waals surface area contributed by atoms with Crippen LogP contribution in [0.3, 0.4) is 0 Å². The molecule has 0 aromatic heterocycles. The van der Waals surface area contributed by atoms with E-state index in [0.717, 1.165) is 43.7 Å². The molecule has 0 spiro atoms. The van der Waals surface area contributed by atoms with E-state index >= 15 is 0 Å². The van der Waals surface area contributed by atoms with E-state index in [4.69, 9.17) is 4.74 Å². The molecule has 2 aliphatic rings. The van der Waals surface area contributed by atoms with Crippen LogP contribution in [0.25, 0.3) is 6.08 Å². The summed E-state index contributed by atoms with van der Waals surface area (Å²) in [4.78, 5) is 25.3. The summed E-state index contributed by atoms with van der Waals surface area (Å²) in [6.07, 6.45) is 7.11. The fraction of sp³-hybridized carbons (Fsp3) is 0.444. The monoisotopic (exact) mass is 314 g/mol. The number of anilines is 1. The van der Waals surface area contributed by atoms with Crippen LogP contribution in [0.4, 0.5) is 5.69 Å². The summed E-state index contributed by atoms with van der Waals surface area (Å²) in [5.74, 6) is 0.0705. The van der Waals surface area contributed by atoms with Gasteiger partial charge >= 0.3 is 0 Å². The Kier molecular flexibility index (Phi) is 5.08. The summed E-state index contributed by atoms with van der Waals surface area (Å²) in [7, 11) is 0. The van der Waals surface area contributed by atoms with Gasteiger partial charge in [0.1, 0.15) is 0 Å². The molecule has 23 heavy (non-hydrogen) atoms. The van der Waals surface area contributed by atoms with Gasteiger partial charge in [-0.3, -0.25) is 9.59 Å². The van der Waals surface area contributed by atoms with Crippen molar-refractivity contribution >= 4 is 23.6 Å². The van der Waals surface area contributed by atoms with E-state index in [-0.39, 0.29) is 17.9 Å². The maximum absolute atomic E-state index is 11.8. The molecule has 1 aromatic carbocycles. The number of hydrogen-bond acceptors (Lipinski definition) is 3. The fourth-order valence-corrected chi connectivity index (χ4v) is 2.94. The zero-order chi connectivity index (χ0) is 16.1. The van der Waals surface area contributed by atoms with Gasteiger partial charge in [0.05, 0.1) is 6.10 Å². The van der Waals surface area contributed by atoms with Gasteiger partial charge in [0.2, 0.25) is 11.8 Å². The number of benzene rings is 1. The van der Waals surface area contributed by atoms with Crippen LogP contribution in [-0.2, 0) is 14.3 Å². The summed E-state index contributed by atoms with van der Waals surface area (Å²) in [5, 5.41) is 2.85. The topological polar surface area (TPSA) is 58.6 Å². The third kappa shape index (κ3) is 4.20. The highest BCUT2D eigenvalue weighted by atomic mass is 16.5. The van der Waals surface area contributed by atoms with Crippen LogP contribution < -0.4 is 10.2 Å². The molecule has 0 radical (unpaired) electrons. The molecule has 5 heteroatoms. The summed E-state index contributed by atoms with van der Waals surface area (Å²) in [5.41, 5.74) is 1.86. The molecule has 0 aliphatic carbocycles. The highest BCUT2D eigenvalue weighted by molar-refractivity contribution is 5.95. The smallest absolute Gasteiger partial charge is 0.244 e. The molecule has 1 aromatic rings. The van der Waals surface area contributed by atoms with Gasteiger partial charge in [-0.05, 0) is 43.0 Å². The molecule has 2 amide bonds. The van der Waals surface area contributed by atoms with Gasteiger partial charge in [-0.15, -0.1) is 0 Å². The molecule has 0 unspecified atom stereocenters. The zero-order valence-electron chi connectivity index (χ0n) is 13.2. The van der Waals surface area contributed by atoms with Crippen molar-refractivity contribution in [3.63, 3.8) is 0 Å². The van der Waals surface area contributed by atoms with Crippen molar-refractivity contribution in [3.8, 4) is 0 Å². The first-order valence-electron chi connectivity index (χ1n) is 8.20. The molecule has 1 N–H and O–H groups in total. The Bertz CT molecular complexity index is 589. The molecule has 2 heterocycles. The normalized spacial score (nSPS) is 21.3. The summed E-state index contributed by atoms with van der Waals surface area (Å²) >= 11 is 0. The first-order valence-corrected chi connectivity index (χ1v) is 8.20. The highest BCUT2D eigenvalue weighted by Gasteiger charge is 2.21. The molecule has 0 bridgehead atoms. The summed E-state index contributed by atoms with van der Waals surface area (Å²) < 4.78 is 5.47. The van der Waals surface area contributed by atoms with Crippen molar-refractivity contribution in [3.05, 3.63) is 35.9 Å². The lowest BCUT2D eigenvalue weighted by Crippen LogP contribution is -2.30. The molecular formula is C18H22N2O3. The van der Waals surface area contributed by atoms with Crippen LogP contribution in [0, 0.1) is 0 Å². The van der Waals surface area contributed by atoms with Crippen LogP contribution in [0.2, 0.25) is 0 Å². The van der Waals surface area contributed by atoms with E-state index < -0.39 is 0 Å². The number of nitrogens with one attached hydrogen (secondary N) is 1. The van der Waals surface area contributed by atoms with Crippen molar-refractivity contribution in [2.75, 3.05) is 24.6 Å². The maximum atomic E-state index is 11.8. The zero-order valence-corrected chi connectivity index (χ0v) is 13.2. The predicted molar refractivity (Wildman–Crippen MR) is 89.0 cm³/mol. The second-order valence-corrected chi connectivity index (χ2v) is 5.95. The Morgan fingerprint density at radius 2 is 2.13 bits per heavy atom. The van der Waals surface area contributed by atoms with E-state index in [9.17, 15) is 9.59 Å². The van der Waals surface area contributed by atoms with Crippen molar-refractivity contribution < 1.29 is 14.3 Å². The number of hydrogen-bond donors (Lipinski definition) is 1. The van der Waals surface area contributed by atoms with Crippen LogP contribution >= 0.6 is 0 Å². The fourth-order valence-electron chi connectivity index (χ4n) is 2.94. The minimum atomic E-state index is -0.112. The van der Waals surface area contributed by atoms with Crippen LogP contribution in [0.1, 0.15) is 31.2 Å². The number of carbonyl (C=O) groups excluding carboxylic acids is 2. The average Bonchev–Trinajstić information content (AvgIpc) is 3.23. The lowest BCUT2D eigenvalue weighted by Gasteiger charge is -2.15. The van der Waals surface area contributed by atoms with Gasteiger partial charge < -0.3 is 15.0 Å². The summed E-state index contributed by atoms with van der Waals surface area (Å²) in [6, 6.07) is 7.69. The van der Waals surface area contributed by atoms with Gasteiger partial charge in [0.25, 0.3) is 0 Å². The third-order valence-electron chi connectivity index (χ3n) is 4.23. The Balaban J connectivity index is 1.50. The molecular weight excluding hydrogens is 292 g/mol. The quantitative estimate of drug-likeness (QED) is 0.847. The third-order valence-corrected chi connectivity index (χ3v) is 4.23. The summed E-state index contributed by atoms with van der Waals surface area (Å²) in [6.45, 7) is 2.15. The van der Waals surface area contributed by atoms with Crippen molar-refractivity contribution in [2.24, 2.45) is 0 Å². The van der Waals surface area contributed by atoms with Crippen LogP contribution in [0.5, 0.6) is 0 Å². The number of amides is 2. The number of nitrogens with zero attached hydrogens (tertiary/aromatic N) is 1. The van der Waals surface area contributed by atoms with Gasteiger partial charge in [0.15, 0.2) is 0 Å². The predicted octanol–water partition coefficient (Wildman–Crippen LogP) is 2.12. The van der Waals surface area contributed by atoms with E-state index in [1.807, 2.05) is 29.2 Å². The van der Waals surface area contributed by atoms with Gasteiger partial charge in [0, 0.05) is 37.9 Å². The average molecular weight is 314 g/mol. The van der Waals surface area contributed by atoms with Crippen molar-refractivity contribution in [2.45, 2.75) is 31.8 Å². The second kappa shape index (κ2) is 7.42. The SMILES string of the molecule is O=C(/C=C/c1ccc(N2CCCC2=O)cc1)NC[C@H]1CCCO1. The number of carbonyl (C=O) groups is 2. The van der Waals surface area contributed by atoms with E-state index in [1.165, 1.54) is 6.08 Å². The molecule has 0 saturated carbocycles. The molecule has 5 nitrogen and oxygen atoms in total. The van der Waals surface area contributed by atoms with E-state index in [0.29, 0.717) is 13.0 Å². The highest BCUT2D eigenvalue weighted by Crippen LogP contribution is 2.21. The van der Waals surface area contributed by atoms with Gasteiger partial charge in [-0.2, -0.15) is 0 Å². The Morgan fingerprint density at radius 1 is 1.30 bits per heavy atom.